The molecule has 0 saturated carbocycles. The molecular formula is C19H26N4O3. The Hall–Kier alpha value is -2.83. The lowest BCUT2D eigenvalue weighted by atomic mass is 10.0. The Morgan fingerprint density at radius 3 is 2.46 bits per heavy atom. The molecule has 1 aromatic carbocycles. The Morgan fingerprint density at radius 2 is 1.88 bits per heavy atom. The molecule has 140 valence electrons. The van der Waals surface area contributed by atoms with Gasteiger partial charge in [-0.2, -0.15) is 5.10 Å². The minimum Gasteiger partial charge on any atom is -0.497 e. The summed E-state index contributed by atoms with van der Waals surface area (Å²) in [5, 5.41) is 9.94. The van der Waals surface area contributed by atoms with Gasteiger partial charge < -0.3 is 15.4 Å². The van der Waals surface area contributed by atoms with Crippen LogP contribution in [0.15, 0.2) is 36.5 Å². The highest BCUT2D eigenvalue weighted by atomic mass is 16.5. The third-order valence-electron chi connectivity index (χ3n) is 3.81. The summed E-state index contributed by atoms with van der Waals surface area (Å²) in [6, 6.07) is 8.64. The highest BCUT2D eigenvalue weighted by Crippen LogP contribution is 2.21. The smallest absolute Gasteiger partial charge is 0.227 e. The van der Waals surface area contributed by atoms with Crippen LogP contribution in [-0.4, -0.2) is 28.7 Å². The topological polar surface area (TPSA) is 85.2 Å². The van der Waals surface area contributed by atoms with Crippen molar-refractivity contribution in [2.45, 2.75) is 39.8 Å². The number of anilines is 1. The van der Waals surface area contributed by atoms with E-state index in [2.05, 4.69) is 29.6 Å². The molecule has 0 aliphatic rings. The molecule has 7 nitrogen and oxygen atoms in total. The van der Waals surface area contributed by atoms with Crippen LogP contribution in [0.4, 0.5) is 5.82 Å². The van der Waals surface area contributed by atoms with Crippen LogP contribution < -0.4 is 15.4 Å². The first-order chi connectivity index (χ1) is 12.4. The zero-order chi connectivity index (χ0) is 19.1. The van der Waals surface area contributed by atoms with E-state index in [-0.39, 0.29) is 18.2 Å². The van der Waals surface area contributed by atoms with Crippen LogP contribution in [-0.2, 0) is 16.1 Å². The van der Waals surface area contributed by atoms with Gasteiger partial charge in [0.25, 0.3) is 0 Å². The standard InChI is InChI=1S/C19H26N4O3/c1-13(2)12-23-18(9-10-20-23)22-19(25)11-17(21-14(3)24)15-5-7-16(26-4)8-6-15/h5-10,13,17H,11-12H2,1-4H3,(H,21,24)(H,22,25). The average Bonchev–Trinajstić information content (AvgIpc) is 3.00. The van der Waals surface area contributed by atoms with Crippen LogP contribution >= 0.6 is 0 Å². The maximum Gasteiger partial charge on any atom is 0.227 e. The fourth-order valence-corrected chi connectivity index (χ4v) is 2.64. The number of hydrogen-bond acceptors (Lipinski definition) is 4. The van der Waals surface area contributed by atoms with Crippen molar-refractivity contribution in [1.29, 1.82) is 0 Å². The number of rotatable bonds is 8. The lowest BCUT2D eigenvalue weighted by molar-refractivity contribution is -0.120. The first kappa shape index (κ1) is 19.5. The van der Waals surface area contributed by atoms with Gasteiger partial charge >= 0.3 is 0 Å². The van der Waals surface area contributed by atoms with Crippen molar-refractivity contribution in [3.8, 4) is 5.75 Å². The molecular weight excluding hydrogens is 332 g/mol. The SMILES string of the molecule is COc1ccc(C(CC(=O)Nc2ccnn2CC(C)C)NC(C)=O)cc1. The molecule has 0 fully saturated rings. The zero-order valence-corrected chi connectivity index (χ0v) is 15.7. The van der Waals surface area contributed by atoms with E-state index < -0.39 is 6.04 Å². The van der Waals surface area contributed by atoms with Gasteiger partial charge in [0.2, 0.25) is 11.8 Å². The largest absolute Gasteiger partial charge is 0.497 e. The molecule has 1 aromatic heterocycles. The summed E-state index contributed by atoms with van der Waals surface area (Å²) >= 11 is 0. The minimum atomic E-state index is -0.417. The van der Waals surface area contributed by atoms with Crippen molar-refractivity contribution in [3.63, 3.8) is 0 Å². The number of amides is 2. The normalized spacial score (nSPS) is 11.9. The second kappa shape index (κ2) is 9.03. The first-order valence-corrected chi connectivity index (χ1v) is 8.61. The molecule has 1 heterocycles. The van der Waals surface area contributed by atoms with Gasteiger partial charge in [0.15, 0.2) is 0 Å². The molecule has 0 saturated heterocycles. The molecule has 0 aliphatic heterocycles. The maximum atomic E-state index is 12.5. The Kier molecular flexibility index (Phi) is 6.77. The predicted molar refractivity (Wildman–Crippen MR) is 99.9 cm³/mol. The molecule has 1 atom stereocenters. The fraction of sp³-hybridized carbons (Fsp3) is 0.421. The average molecular weight is 358 g/mol. The van der Waals surface area contributed by atoms with Gasteiger partial charge in [0, 0.05) is 19.5 Å². The van der Waals surface area contributed by atoms with Crippen molar-refractivity contribution in [2.24, 2.45) is 5.92 Å². The summed E-state index contributed by atoms with van der Waals surface area (Å²) in [4.78, 5) is 24.1. The number of hydrogen-bond donors (Lipinski definition) is 2. The Morgan fingerprint density at radius 1 is 1.19 bits per heavy atom. The number of carbonyl (C=O) groups is 2. The summed E-state index contributed by atoms with van der Waals surface area (Å²) in [6.07, 6.45) is 1.78. The number of nitrogens with zero attached hydrogens (tertiary/aromatic N) is 2. The van der Waals surface area contributed by atoms with E-state index in [9.17, 15) is 9.59 Å². The number of benzene rings is 1. The summed E-state index contributed by atoms with van der Waals surface area (Å²) < 4.78 is 6.92. The number of ether oxygens (including phenoxy) is 1. The van der Waals surface area contributed by atoms with Gasteiger partial charge in [-0.3, -0.25) is 9.59 Å². The summed E-state index contributed by atoms with van der Waals surface area (Å²) in [6.45, 7) is 6.33. The molecule has 2 aromatic rings. The molecule has 0 radical (unpaired) electrons. The van der Waals surface area contributed by atoms with E-state index in [0.717, 1.165) is 17.9 Å². The van der Waals surface area contributed by atoms with Crippen molar-refractivity contribution in [3.05, 3.63) is 42.1 Å². The van der Waals surface area contributed by atoms with E-state index in [0.29, 0.717) is 11.7 Å². The maximum absolute atomic E-state index is 12.5. The van der Waals surface area contributed by atoms with Crippen LogP contribution in [0.1, 0.15) is 38.8 Å². The van der Waals surface area contributed by atoms with Crippen LogP contribution in [0.2, 0.25) is 0 Å². The van der Waals surface area contributed by atoms with Gasteiger partial charge in [-0.25, -0.2) is 4.68 Å². The Labute approximate surface area is 153 Å². The zero-order valence-electron chi connectivity index (χ0n) is 15.7. The molecule has 7 heteroatoms. The van der Waals surface area contributed by atoms with Crippen molar-refractivity contribution in [2.75, 3.05) is 12.4 Å². The number of aromatic nitrogens is 2. The highest BCUT2D eigenvalue weighted by Gasteiger charge is 2.18. The van der Waals surface area contributed by atoms with Gasteiger partial charge in [0.1, 0.15) is 11.6 Å². The third kappa shape index (κ3) is 5.61. The lowest BCUT2D eigenvalue weighted by Crippen LogP contribution is -2.30. The molecule has 0 spiro atoms. The van der Waals surface area contributed by atoms with Gasteiger partial charge in [0.05, 0.1) is 25.8 Å². The number of nitrogens with one attached hydrogen (secondary N) is 2. The van der Waals surface area contributed by atoms with Gasteiger partial charge in [-0.05, 0) is 23.6 Å². The quantitative estimate of drug-likeness (QED) is 0.760. The van der Waals surface area contributed by atoms with Crippen LogP contribution in [0.25, 0.3) is 0 Å². The summed E-state index contributed by atoms with van der Waals surface area (Å²) in [5.74, 6) is 1.41. The number of methoxy groups -OCH3 is 1. The fourth-order valence-electron chi connectivity index (χ4n) is 2.64. The summed E-state index contributed by atoms with van der Waals surface area (Å²) in [5.41, 5.74) is 0.840. The molecule has 26 heavy (non-hydrogen) atoms. The Bertz CT molecular complexity index is 737. The van der Waals surface area contributed by atoms with Gasteiger partial charge in [-0.1, -0.05) is 26.0 Å². The van der Waals surface area contributed by atoms with E-state index in [1.807, 2.05) is 12.1 Å². The molecule has 2 rings (SSSR count). The van der Waals surface area contributed by atoms with Crippen molar-refractivity contribution in [1.82, 2.24) is 15.1 Å². The monoisotopic (exact) mass is 358 g/mol. The van der Waals surface area contributed by atoms with E-state index in [1.165, 1.54) is 6.92 Å². The van der Waals surface area contributed by atoms with Crippen molar-refractivity contribution < 1.29 is 14.3 Å². The molecule has 0 aliphatic carbocycles. The van der Waals surface area contributed by atoms with Gasteiger partial charge in [-0.15, -0.1) is 0 Å². The molecule has 2 N–H and O–H groups in total. The number of carbonyl (C=O) groups excluding carboxylic acids is 2. The first-order valence-electron chi connectivity index (χ1n) is 8.61. The predicted octanol–water partition coefficient (Wildman–Crippen LogP) is 2.75. The van der Waals surface area contributed by atoms with E-state index >= 15 is 0 Å². The van der Waals surface area contributed by atoms with E-state index in [1.54, 1.807) is 36.2 Å². The van der Waals surface area contributed by atoms with Crippen LogP contribution in [0.5, 0.6) is 5.75 Å². The van der Waals surface area contributed by atoms with Crippen LogP contribution in [0, 0.1) is 5.92 Å². The second-order valence-corrected chi connectivity index (χ2v) is 6.57. The highest BCUT2D eigenvalue weighted by molar-refractivity contribution is 5.90. The molecule has 2 amide bonds. The molecule has 1 unspecified atom stereocenters. The second-order valence-electron chi connectivity index (χ2n) is 6.57. The van der Waals surface area contributed by atoms with E-state index in [4.69, 9.17) is 4.74 Å². The molecule has 0 bridgehead atoms. The third-order valence-corrected chi connectivity index (χ3v) is 3.81. The van der Waals surface area contributed by atoms with Crippen LogP contribution in [0.3, 0.4) is 0 Å². The Balaban J connectivity index is 2.08. The minimum absolute atomic E-state index is 0.124. The van der Waals surface area contributed by atoms with Crippen molar-refractivity contribution >= 4 is 17.6 Å². The lowest BCUT2D eigenvalue weighted by Gasteiger charge is -2.19. The summed E-state index contributed by atoms with van der Waals surface area (Å²) in [7, 11) is 1.59.